The highest BCUT2D eigenvalue weighted by Gasteiger charge is 2.17. The SMILES string of the molecule is CCC1CNCCC(CCO)C1. The van der Waals surface area contributed by atoms with Crippen molar-refractivity contribution in [3.8, 4) is 0 Å². The average Bonchev–Trinajstić information content (AvgIpc) is 2.30. The largest absolute Gasteiger partial charge is 0.396 e. The molecule has 0 aliphatic carbocycles. The van der Waals surface area contributed by atoms with Crippen LogP contribution in [0.2, 0.25) is 0 Å². The van der Waals surface area contributed by atoms with E-state index in [1.807, 2.05) is 0 Å². The van der Waals surface area contributed by atoms with E-state index in [0.29, 0.717) is 6.61 Å². The van der Waals surface area contributed by atoms with Gasteiger partial charge in [-0.15, -0.1) is 0 Å². The molecule has 2 heteroatoms. The Bertz CT molecular complexity index is 116. The maximum atomic E-state index is 8.85. The molecule has 0 bridgehead atoms. The van der Waals surface area contributed by atoms with Crippen molar-refractivity contribution in [2.24, 2.45) is 11.8 Å². The van der Waals surface area contributed by atoms with Crippen LogP contribution in [0.25, 0.3) is 0 Å². The van der Waals surface area contributed by atoms with Crippen molar-refractivity contribution in [1.29, 1.82) is 0 Å². The Morgan fingerprint density at radius 1 is 1.42 bits per heavy atom. The molecule has 0 spiro atoms. The molecule has 2 N–H and O–H groups in total. The Balaban J connectivity index is 2.31. The maximum absolute atomic E-state index is 8.85. The first-order valence-electron chi connectivity index (χ1n) is 5.18. The van der Waals surface area contributed by atoms with Gasteiger partial charge < -0.3 is 10.4 Å². The lowest BCUT2D eigenvalue weighted by Gasteiger charge is -2.16. The predicted molar refractivity (Wildman–Crippen MR) is 51.1 cm³/mol. The summed E-state index contributed by atoms with van der Waals surface area (Å²) >= 11 is 0. The zero-order valence-electron chi connectivity index (χ0n) is 8.05. The van der Waals surface area contributed by atoms with Crippen molar-refractivity contribution >= 4 is 0 Å². The third-order valence-corrected chi connectivity index (χ3v) is 2.94. The van der Waals surface area contributed by atoms with E-state index in [2.05, 4.69) is 12.2 Å². The summed E-state index contributed by atoms with van der Waals surface area (Å²) in [4.78, 5) is 0. The van der Waals surface area contributed by atoms with Crippen molar-refractivity contribution in [3.05, 3.63) is 0 Å². The standard InChI is InChI=1S/C10H21NO/c1-2-9-7-10(4-6-12)3-5-11-8-9/h9-12H,2-8H2,1H3. The molecular weight excluding hydrogens is 150 g/mol. The molecule has 0 aromatic carbocycles. The van der Waals surface area contributed by atoms with Gasteiger partial charge in [-0.25, -0.2) is 0 Å². The summed E-state index contributed by atoms with van der Waals surface area (Å²) in [5.74, 6) is 1.60. The summed E-state index contributed by atoms with van der Waals surface area (Å²) in [6.45, 7) is 4.94. The van der Waals surface area contributed by atoms with Gasteiger partial charge in [-0.2, -0.15) is 0 Å². The van der Waals surface area contributed by atoms with Crippen molar-refractivity contribution in [2.45, 2.75) is 32.6 Å². The van der Waals surface area contributed by atoms with Crippen molar-refractivity contribution in [1.82, 2.24) is 5.32 Å². The fraction of sp³-hybridized carbons (Fsp3) is 1.00. The topological polar surface area (TPSA) is 32.3 Å². The molecule has 1 aliphatic heterocycles. The van der Waals surface area contributed by atoms with Crippen LogP contribution in [0.1, 0.15) is 32.6 Å². The van der Waals surface area contributed by atoms with Crippen LogP contribution in [0.5, 0.6) is 0 Å². The summed E-state index contributed by atoms with van der Waals surface area (Å²) < 4.78 is 0. The number of hydrogen-bond donors (Lipinski definition) is 2. The number of nitrogens with one attached hydrogen (secondary N) is 1. The van der Waals surface area contributed by atoms with E-state index in [9.17, 15) is 0 Å². The fourth-order valence-electron chi connectivity index (χ4n) is 2.04. The first-order valence-corrected chi connectivity index (χ1v) is 5.18. The van der Waals surface area contributed by atoms with Crippen molar-refractivity contribution in [3.63, 3.8) is 0 Å². The minimum absolute atomic E-state index is 0.362. The highest BCUT2D eigenvalue weighted by molar-refractivity contribution is 4.72. The summed E-state index contributed by atoms with van der Waals surface area (Å²) in [5.41, 5.74) is 0. The summed E-state index contributed by atoms with van der Waals surface area (Å²) in [5, 5.41) is 12.3. The number of aliphatic hydroxyl groups is 1. The highest BCUT2D eigenvalue weighted by Crippen LogP contribution is 2.22. The van der Waals surface area contributed by atoms with Crippen LogP contribution in [0.4, 0.5) is 0 Å². The molecule has 1 fully saturated rings. The smallest absolute Gasteiger partial charge is 0.0433 e. The highest BCUT2D eigenvalue weighted by atomic mass is 16.3. The molecule has 72 valence electrons. The van der Waals surface area contributed by atoms with Gasteiger partial charge in [-0.1, -0.05) is 13.3 Å². The minimum Gasteiger partial charge on any atom is -0.396 e. The van der Waals surface area contributed by atoms with E-state index in [1.54, 1.807) is 0 Å². The zero-order chi connectivity index (χ0) is 8.81. The molecule has 0 radical (unpaired) electrons. The molecule has 0 saturated carbocycles. The molecular formula is C10H21NO. The monoisotopic (exact) mass is 171 g/mol. The van der Waals surface area contributed by atoms with Gasteiger partial charge in [0, 0.05) is 6.61 Å². The lowest BCUT2D eigenvalue weighted by atomic mass is 9.90. The number of hydrogen-bond acceptors (Lipinski definition) is 2. The molecule has 12 heavy (non-hydrogen) atoms. The second-order valence-corrected chi connectivity index (χ2v) is 3.88. The second-order valence-electron chi connectivity index (χ2n) is 3.88. The fourth-order valence-corrected chi connectivity index (χ4v) is 2.04. The second kappa shape index (κ2) is 5.55. The van der Waals surface area contributed by atoms with Gasteiger partial charge in [0.05, 0.1) is 0 Å². The molecule has 0 aromatic rings. The van der Waals surface area contributed by atoms with E-state index in [1.165, 1.54) is 25.8 Å². The zero-order valence-corrected chi connectivity index (χ0v) is 8.05. The van der Waals surface area contributed by atoms with Crippen molar-refractivity contribution < 1.29 is 5.11 Å². The van der Waals surface area contributed by atoms with E-state index in [-0.39, 0.29) is 0 Å². The Hall–Kier alpha value is -0.0800. The van der Waals surface area contributed by atoms with E-state index in [4.69, 9.17) is 5.11 Å². The molecule has 1 aliphatic rings. The quantitative estimate of drug-likeness (QED) is 0.672. The van der Waals surface area contributed by atoms with Gasteiger partial charge in [0.1, 0.15) is 0 Å². The van der Waals surface area contributed by atoms with Crippen LogP contribution in [0.3, 0.4) is 0 Å². The van der Waals surface area contributed by atoms with Crippen LogP contribution >= 0.6 is 0 Å². The third kappa shape index (κ3) is 3.11. The van der Waals surface area contributed by atoms with E-state index >= 15 is 0 Å². The van der Waals surface area contributed by atoms with Crippen LogP contribution in [0.15, 0.2) is 0 Å². The van der Waals surface area contributed by atoms with Gasteiger partial charge in [-0.05, 0) is 44.2 Å². The van der Waals surface area contributed by atoms with Gasteiger partial charge in [0.25, 0.3) is 0 Å². The van der Waals surface area contributed by atoms with Crippen LogP contribution in [0, 0.1) is 11.8 Å². The lowest BCUT2D eigenvalue weighted by Crippen LogP contribution is -2.19. The Labute approximate surface area is 75.4 Å². The molecule has 0 amide bonds. The summed E-state index contributed by atoms with van der Waals surface area (Å²) in [6, 6.07) is 0. The maximum Gasteiger partial charge on any atom is 0.0433 e. The Morgan fingerprint density at radius 2 is 2.25 bits per heavy atom. The third-order valence-electron chi connectivity index (χ3n) is 2.94. The predicted octanol–water partition coefficient (Wildman–Crippen LogP) is 1.39. The number of aliphatic hydroxyl groups excluding tert-OH is 1. The number of rotatable bonds is 3. The minimum atomic E-state index is 0.362. The average molecular weight is 171 g/mol. The van der Waals surface area contributed by atoms with Gasteiger partial charge in [-0.3, -0.25) is 0 Å². The Kier molecular flexibility index (Phi) is 4.62. The molecule has 0 aromatic heterocycles. The summed E-state index contributed by atoms with van der Waals surface area (Å²) in [6.07, 6.45) is 4.83. The van der Waals surface area contributed by atoms with E-state index in [0.717, 1.165) is 24.8 Å². The lowest BCUT2D eigenvalue weighted by molar-refractivity contribution is 0.239. The molecule has 1 saturated heterocycles. The molecule has 1 rings (SSSR count). The first-order chi connectivity index (χ1) is 5.86. The van der Waals surface area contributed by atoms with Crippen LogP contribution in [-0.4, -0.2) is 24.8 Å². The molecule has 2 atom stereocenters. The normalized spacial score (nSPS) is 31.5. The van der Waals surface area contributed by atoms with Gasteiger partial charge in [0.15, 0.2) is 0 Å². The first kappa shape index (κ1) is 10.0. The Morgan fingerprint density at radius 3 is 2.92 bits per heavy atom. The molecule has 1 heterocycles. The van der Waals surface area contributed by atoms with Crippen molar-refractivity contribution in [2.75, 3.05) is 19.7 Å². The summed E-state index contributed by atoms with van der Waals surface area (Å²) in [7, 11) is 0. The van der Waals surface area contributed by atoms with Gasteiger partial charge in [0.2, 0.25) is 0 Å². The molecule has 2 nitrogen and oxygen atoms in total. The molecule has 2 unspecified atom stereocenters. The van der Waals surface area contributed by atoms with E-state index < -0.39 is 0 Å². The van der Waals surface area contributed by atoms with Crippen LogP contribution < -0.4 is 5.32 Å². The van der Waals surface area contributed by atoms with Gasteiger partial charge >= 0.3 is 0 Å². The van der Waals surface area contributed by atoms with Crippen LogP contribution in [-0.2, 0) is 0 Å².